The second-order valence-corrected chi connectivity index (χ2v) is 5.94. The number of halogens is 1. The van der Waals surface area contributed by atoms with Gasteiger partial charge in [0.25, 0.3) is 0 Å². The van der Waals surface area contributed by atoms with Gasteiger partial charge >= 0.3 is 0 Å². The Morgan fingerprint density at radius 3 is 2.84 bits per heavy atom. The van der Waals surface area contributed by atoms with Crippen molar-refractivity contribution < 1.29 is 18.7 Å². The molecule has 0 radical (unpaired) electrons. The number of benzene rings is 1. The SMILES string of the molecule is NC(=O)[C@@H]1C[C@H](Oc2cccnc2)CN1C(=O)Cc1cccc(F)c1. The third-order valence-electron chi connectivity index (χ3n) is 4.09. The standard InChI is InChI=1S/C18H18FN3O3/c19-13-4-1-3-12(7-13)8-17(23)22-11-15(9-16(22)18(20)24)25-14-5-2-6-21-10-14/h1-7,10,15-16H,8-9,11H2,(H2,20,24)/t15-,16-/m0/s1. The summed E-state index contributed by atoms with van der Waals surface area (Å²) in [5.74, 6) is -0.706. The van der Waals surface area contributed by atoms with E-state index in [-0.39, 0.29) is 25.0 Å². The van der Waals surface area contributed by atoms with Crippen LogP contribution in [0.15, 0.2) is 48.8 Å². The average molecular weight is 343 g/mol. The summed E-state index contributed by atoms with van der Waals surface area (Å²) in [7, 11) is 0. The second kappa shape index (κ2) is 7.29. The van der Waals surface area contributed by atoms with Crippen molar-refractivity contribution in [3.63, 3.8) is 0 Å². The Bertz CT molecular complexity index is 769. The number of carbonyl (C=O) groups excluding carboxylic acids is 2. The number of nitrogens with zero attached hydrogens (tertiary/aromatic N) is 2. The Morgan fingerprint density at radius 1 is 1.32 bits per heavy atom. The molecule has 0 unspecified atom stereocenters. The Balaban J connectivity index is 1.70. The number of amides is 2. The number of nitrogens with two attached hydrogens (primary N) is 1. The van der Waals surface area contributed by atoms with Gasteiger partial charge in [0, 0.05) is 12.6 Å². The van der Waals surface area contributed by atoms with Gasteiger partial charge in [-0.1, -0.05) is 12.1 Å². The van der Waals surface area contributed by atoms with Crippen molar-refractivity contribution in [2.45, 2.75) is 25.0 Å². The van der Waals surface area contributed by atoms with Gasteiger partial charge in [-0.25, -0.2) is 4.39 Å². The molecular weight excluding hydrogens is 325 g/mol. The van der Waals surface area contributed by atoms with Gasteiger partial charge in [-0.2, -0.15) is 0 Å². The maximum Gasteiger partial charge on any atom is 0.240 e. The van der Waals surface area contributed by atoms with E-state index in [1.54, 1.807) is 36.7 Å². The maximum absolute atomic E-state index is 13.3. The zero-order valence-electron chi connectivity index (χ0n) is 13.5. The molecule has 0 saturated carbocycles. The number of rotatable bonds is 5. The number of ether oxygens (including phenoxy) is 1. The lowest BCUT2D eigenvalue weighted by Gasteiger charge is -2.22. The fourth-order valence-electron chi connectivity index (χ4n) is 2.96. The monoisotopic (exact) mass is 343 g/mol. The molecule has 6 nitrogen and oxygen atoms in total. The van der Waals surface area contributed by atoms with Gasteiger partial charge < -0.3 is 15.4 Å². The Hall–Kier alpha value is -2.96. The number of likely N-dealkylation sites (tertiary alicyclic amines) is 1. The molecule has 7 heteroatoms. The third-order valence-corrected chi connectivity index (χ3v) is 4.09. The lowest BCUT2D eigenvalue weighted by molar-refractivity contribution is -0.136. The van der Waals surface area contributed by atoms with Crippen molar-refractivity contribution in [1.29, 1.82) is 0 Å². The van der Waals surface area contributed by atoms with Crippen molar-refractivity contribution in [3.8, 4) is 5.75 Å². The number of aromatic nitrogens is 1. The smallest absolute Gasteiger partial charge is 0.240 e. The van der Waals surface area contributed by atoms with E-state index in [1.807, 2.05) is 0 Å². The highest BCUT2D eigenvalue weighted by Crippen LogP contribution is 2.23. The predicted molar refractivity (Wildman–Crippen MR) is 88.1 cm³/mol. The zero-order valence-corrected chi connectivity index (χ0v) is 13.5. The first-order chi connectivity index (χ1) is 12.0. The van der Waals surface area contributed by atoms with E-state index in [0.29, 0.717) is 17.7 Å². The van der Waals surface area contributed by atoms with Gasteiger partial charge in [-0.05, 0) is 29.8 Å². The van der Waals surface area contributed by atoms with Crippen LogP contribution in [0.2, 0.25) is 0 Å². The zero-order chi connectivity index (χ0) is 17.8. The summed E-state index contributed by atoms with van der Waals surface area (Å²) in [6, 6.07) is 8.58. The van der Waals surface area contributed by atoms with Crippen LogP contribution in [0.25, 0.3) is 0 Å². The Kier molecular flexibility index (Phi) is 4.92. The number of pyridine rings is 1. The predicted octanol–water partition coefficient (Wildman–Crippen LogP) is 1.30. The lowest BCUT2D eigenvalue weighted by Crippen LogP contribution is -2.44. The molecule has 2 N–H and O–H groups in total. The number of hydrogen-bond acceptors (Lipinski definition) is 4. The minimum Gasteiger partial charge on any atom is -0.487 e. The maximum atomic E-state index is 13.3. The fourth-order valence-corrected chi connectivity index (χ4v) is 2.96. The van der Waals surface area contributed by atoms with Crippen LogP contribution < -0.4 is 10.5 Å². The first-order valence-electron chi connectivity index (χ1n) is 7.93. The molecule has 2 atom stereocenters. The molecule has 2 heterocycles. The summed E-state index contributed by atoms with van der Waals surface area (Å²) in [4.78, 5) is 29.7. The van der Waals surface area contributed by atoms with E-state index < -0.39 is 17.8 Å². The van der Waals surface area contributed by atoms with Gasteiger partial charge in [0.2, 0.25) is 11.8 Å². The number of primary amides is 1. The molecule has 2 amide bonds. The highest BCUT2D eigenvalue weighted by molar-refractivity contribution is 5.88. The van der Waals surface area contributed by atoms with E-state index >= 15 is 0 Å². The summed E-state index contributed by atoms with van der Waals surface area (Å²) in [5.41, 5.74) is 5.98. The number of hydrogen-bond donors (Lipinski definition) is 1. The van der Waals surface area contributed by atoms with Crippen molar-refractivity contribution in [1.82, 2.24) is 9.88 Å². The molecule has 1 aromatic heterocycles. The first-order valence-corrected chi connectivity index (χ1v) is 7.93. The Morgan fingerprint density at radius 2 is 2.16 bits per heavy atom. The molecule has 1 aliphatic rings. The quantitative estimate of drug-likeness (QED) is 0.887. The molecular formula is C18H18FN3O3. The highest BCUT2D eigenvalue weighted by atomic mass is 19.1. The molecule has 2 aromatic rings. The molecule has 0 aliphatic carbocycles. The minimum absolute atomic E-state index is 0.00114. The Labute approximate surface area is 144 Å². The second-order valence-electron chi connectivity index (χ2n) is 5.94. The van der Waals surface area contributed by atoms with Crippen LogP contribution in [0, 0.1) is 5.82 Å². The highest BCUT2D eigenvalue weighted by Gasteiger charge is 2.39. The van der Waals surface area contributed by atoms with Crippen molar-refractivity contribution in [2.24, 2.45) is 5.73 Å². The van der Waals surface area contributed by atoms with Gasteiger partial charge in [0.15, 0.2) is 0 Å². The van der Waals surface area contributed by atoms with Gasteiger partial charge in [-0.15, -0.1) is 0 Å². The lowest BCUT2D eigenvalue weighted by atomic mass is 10.1. The molecule has 130 valence electrons. The third kappa shape index (κ3) is 4.12. The van der Waals surface area contributed by atoms with Crippen LogP contribution in [0.3, 0.4) is 0 Å². The summed E-state index contributed by atoms with van der Waals surface area (Å²) in [5, 5.41) is 0. The van der Waals surface area contributed by atoms with Crippen LogP contribution in [0.5, 0.6) is 5.75 Å². The fraction of sp³-hybridized carbons (Fsp3) is 0.278. The minimum atomic E-state index is -0.734. The first kappa shape index (κ1) is 16.9. The van der Waals surface area contributed by atoms with E-state index in [1.165, 1.54) is 17.0 Å². The molecule has 1 aromatic carbocycles. The molecule has 1 aliphatic heterocycles. The van der Waals surface area contributed by atoms with Crippen molar-refractivity contribution >= 4 is 11.8 Å². The van der Waals surface area contributed by atoms with Gasteiger partial charge in [-0.3, -0.25) is 14.6 Å². The van der Waals surface area contributed by atoms with E-state index in [4.69, 9.17) is 10.5 Å². The molecule has 1 saturated heterocycles. The molecule has 1 fully saturated rings. The summed E-state index contributed by atoms with van der Waals surface area (Å²) >= 11 is 0. The van der Waals surface area contributed by atoms with E-state index in [2.05, 4.69) is 4.98 Å². The normalized spacial score (nSPS) is 19.6. The van der Waals surface area contributed by atoms with Crippen LogP contribution >= 0.6 is 0 Å². The van der Waals surface area contributed by atoms with Crippen molar-refractivity contribution in [3.05, 3.63) is 60.2 Å². The van der Waals surface area contributed by atoms with Crippen LogP contribution in [0.4, 0.5) is 4.39 Å². The summed E-state index contributed by atoms with van der Waals surface area (Å²) in [6.07, 6.45) is 3.16. The van der Waals surface area contributed by atoms with Gasteiger partial charge in [0.05, 0.1) is 19.2 Å². The summed E-state index contributed by atoms with van der Waals surface area (Å²) < 4.78 is 19.1. The topological polar surface area (TPSA) is 85.5 Å². The van der Waals surface area contributed by atoms with E-state index in [9.17, 15) is 14.0 Å². The van der Waals surface area contributed by atoms with Crippen LogP contribution in [0.1, 0.15) is 12.0 Å². The van der Waals surface area contributed by atoms with Gasteiger partial charge in [0.1, 0.15) is 23.7 Å². The average Bonchev–Trinajstić information content (AvgIpc) is 3.00. The van der Waals surface area contributed by atoms with Crippen LogP contribution in [-0.2, 0) is 16.0 Å². The molecule has 3 rings (SSSR count). The van der Waals surface area contributed by atoms with Crippen molar-refractivity contribution in [2.75, 3.05) is 6.54 Å². The number of carbonyl (C=O) groups is 2. The largest absolute Gasteiger partial charge is 0.487 e. The molecule has 0 spiro atoms. The summed E-state index contributed by atoms with van der Waals surface area (Å²) in [6.45, 7) is 0.247. The van der Waals surface area contributed by atoms with Crippen LogP contribution in [-0.4, -0.2) is 40.4 Å². The molecule has 25 heavy (non-hydrogen) atoms. The van der Waals surface area contributed by atoms with E-state index in [0.717, 1.165) is 0 Å². The molecule has 0 bridgehead atoms.